The topological polar surface area (TPSA) is 143 Å². The summed E-state index contributed by atoms with van der Waals surface area (Å²) in [5.41, 5.74) is 2.15. The zero-order chi connectivity index (χ0) is 28.9. The highest BCUT2D eigenvalue weighted by molar-refractivity contribution is 7.92. The maximum Gasteiger partial charge on any atom is 0.263 e. The number of carbonyl (C=O) groups excluding carboxylic acids is 2. The molecule has 0 spiro atoms. The maximum atomic E-state index is 13.5. The molecule has 3 N–H and O–H groups in total. The Balaban J connectivity index is 1.66. The van der Waals surface area contributed by atoms with Crippen molar-refractivity contribution in [2.24, 2.45) is 0 Å². The molecule has 1 aromatic heterocycles. The van der Waals surface area contributed by atoms with E-state index in [0.717, 1.165) is 0 Å². The minimum absolute atomic E-state index is 0.0535. The zero-order valence-electron chi connectivity index (χ0n) is 22.5. The molecule has 0 radical (unpaired) electrons. The molecule has 0 aliphatic rings. The van der Waals surface area contributed by atoms with Crippen molar-refractivity contribution in [3.63, 3.8) is 0 Å². The number of nitrogens with zero attached hydrogens (tertiary/aromatic N) is 3. The van der Waals surface area contributed by atoms with E-state index in [0.29, 0.717) is 40.0 Å². The van der Waals surface area contributed by atoms with E-state index in [4.69, 9.17) is 4.74 Å². The van der Waals surface area contributed by atoms with Crippen molar-refractivity contribution in [2.75, 3.05) is 36.1 Å². The molecule has 1 amide bonds. The van der Waals surface area contributed by atoms with Crippen LogP contribution >= 0.6 is 0 Å². The Morgan fingerprint density at radius 2 is 1.68 bits per heavy atom. The summed E-state index contributed by atoms with van der Waals surface area (Å²) in [5, 5.41) is 5.79. The lowest BCUT2D eigenvalue weighted by Gasteiger charge is -2.20. The molecule has 208 valence electrons. The van der Waals surface area contributed by atoms with Gasteiger partial charge in [0.2, 0.25) is 5.91 Å². The molecule has 12 heteroatoms. The van der Waals surface area contributed by atoms with E-state index in [-0.39, 0.29) is 35.0 Å². The van der Waals surface area contributed by atoms with Gasteiger partial charge in [-0.25, -0.2) is 18.4 Å². The van der Waals surface area contributed by atoms with Crippen molar-refractivity contribution in [3.8, 4) is 5.75 Å². The van der Waals surface area contributed by atoms with Crippen LogP contribution in [0.15, 0.2) is 71.6 Å². The third-order valence-electron chi connectivity index (χ3n) is 6.07. The van der Waals surface area contributed by atoms with Crippen LogP contribution in [0.3, 0.4) is 0 Å². The summed E-state index contributed by atoms with van der Waals surface area (Å²) in [7, 11) is -0.848. The molecule has 0 unspecified atom stereocenters. The van der Waals surface area contributed by atoms with E-state index in [1.54, 1.807) is 54.6 Å². The highest BCUT2D eigenvalue weighted by Gasteiger charge is 2.20. The van der Waals surface area contributed by atoms with Gasteiger partial charge < -0.3 is 15.4 Å². The minimum atomic E-state index is -4.15. The van der Waals surface area contributed by atoms with Crippen LogP contribution in [0, 0.1) is 0 Å². The lowest BCUT2D eigenvalue weighted by Crippen LogP contribution is -2.34. The van der Waals surface area contributed by atoms with Crippen LogP contribution in [0.2, 0.25) is 0 Å². The van der Waals surface area contributed by atoms with Crippen molar-refractivity contribution < 1.29 is 22.7 Å². The standard InChI is InChI=1S/C28H30N6O5S/c1-18(2)34(3)16-26(36)29-20-8-7-9-23(15-20)40(37,38)33-28-27(31-24-10-5-6-11-25(24)32-28)30-21-12-19(17-35)13-22(14-21)39-4/h5-15,17-18H,16H2,1-4H3,(H,29,36)(H,30,31)(H,32,33). The second kappa shape index (κ2) is 12.1. The van der Waals surface area contributed by atoms with Crippen LogP contribution in [0.5, 0.6) is 5.75 Å². The van der Waals surface area contributed by atoms with Crippen molar-refractivity contribution in [1.29, 1.82) is 0 Å². The first-order valence-corrected chi connectivity index (χ1v) is 13.9. The molecule has 0 aliphatic heterocycles. The van der Waals surface area contributed by atoms with Gasteiger partial charge in [0.25, 0.3) is 10.0 Å². The first kappa shape index (κ1) is 28.5. The SMILES string of the molecule is COc1cc(C=O)cc(Nc2nc3ccccc3nc2NS(=O)(=O)c2cccc(NC(=O)CN(C)C(C)C)c2)c1. The lowest BCUT2D eigenvalue weighted by atomic mass is 10.2. The Kier molecular flexibility index (Phi) is 8.61. The van der Waals surface area contributed by atoms with Crippen molar-refractivity contribution in [2.45, 2.75) is 24.8 Å². The van der Waals surface area contributed by atoms with Gasteiger partial charge in [0, 0.05) is 29.0 Å². The Morgan fingerprint density at radius 3 is 2.33 bits per heavy atom. The van der Waals surface area contributed by atoms with Gasteiger partial charge in [0.15, 0.2) is 11.6 Å². The Morgan fingerprint density at radius 1 is 0.975 bits per heavy atom. The third-order valence-corrected chi connectivity index (χ3v) is 7.40. The molecule has 4 aromatic rings. The number of aromatic nitrogens is 2. The van der Waals surface area contributed by atoms with Crippen molar-refractivity contribution in [1.82, 2.24) is 14.9 Å². The average molecular weight is 563 g/mol. The maximum absolute atomic E-state index is 13.5. The molecular weight excluding hydrogens is 532 g/mol. The highest BCUT2D eigenvalue weighted by Crippen LogP contribution is 2.29. The van der Waals surface area contributed by atoms with Crippen LogP contribution in [-0.2, 0) is 14.8 Å². The smallest absolute Gasteiger partial charge is 0.263 e. The number of methoxy groups -OCH3 is 1. The largest absolute Gasteiger partial charge is 0.497 e. The summed E-state index contributed by atoms with van der Waals surface area (Å²) in [6.45, 7) is 4.10. The molecule has 3 aromatic carbocycles. The number of hydrogen-bond acceptors (Lipinski definition) is 9. The summed E-state index contributed by atoms with van der Waals surface area (Å²) < 4.78 is 34.7. The first-order valence-electron chi connectivity index (χ1n) is 12.4. The Hall–Kier alpha value is -4.55. The lowest BCUT2D eigenvalue weighted by molar-refractivity contribution is -0.117. The number of fused-ring (bicyclic) bond motifs is 1. The van der Waals surface area contributed by atoms with E-state index in [1.807, 2.05) is 25.8 Å². The van der Waals surface area contributed by atoms with Crippen molar-refractivity contribution in [3.05, 3.63) is 72.3 Å². The number of likely N-dealkylation sites (N-methyl/N-ethyl adjacent to an activating group) is 1. The molecule has 0 saturated heterocycles. The van der Waals surface area contributed by atoms with Crippen LogP contribution < -0.4 is 20.1 Å². The monoisotopic (exact) mass is 562 g/mol. The van der Waals surface area contributed by atoms with Crippen LogP contribution in [0.25, 0.3) is 11.0 Å². The molecule has 0 aliphatic carbocycles. The van der Waals surface area contributed by atoms with Gasteiger partial charge >= 0.3 is 0 Å². The second-order valence-electron chi connectivity index (χ2n) is 9.34. The van der Waals surface area contributed by atoms with Gasteiger partial charge in [-0.05, 0) is 63.4 Å². The van der Waals surface area contributed by atoms with Gasteiger partial charge in [0.05, 0.1) is 29.6 Å². The van der Waals surface area contributed by atoms with E-state index in [1.165, 1.54) is 19.2 Å². The van der Waals surface area contributed by atoms with Gasteiger partial charge in [-0.2, -0.15) is 0 Å². The Labute approximate surface area is 232 Å². The number of sulfonamides is 1. The van der Waals surface area contributed by atoms with Gasteiger partial charge in [-0.15, -0.1) is 0 Å². The minimum Gasteiger partial charge on any atom is -0.497 e. The zero-order valence-corrected chi connectivity index (χ0v) is 23.3. The number of para-hydroxylation sites is 2. The summed E-state index contributed by atoms with van der Waals surface area (Å²) in [6, 6.07) is 17.9. The predicted octanol–water partition coefficient (Wildman–Crippen LogP) is 4.27. The number of rotatable bonds is 11. The molecule has 4 rings (SSSR count). The fourth-order valence-corrected chi connectivity index (χ4v) is 4.77. The van der Waals surface area contributed by atoms with Gasteiger partial charge in [0.1, 0.15) is 12.0 Å². The number of nitrogens with one attached hydrogen (secondary N) is 3. The van der Waals surface area contributed by atoms with Gasteiger partial charge in [-0.3, -0.25) is 19.2 Å². The van der Waals surface area contributed by atoms with Crippen LogP contribution in [-0.4, -0.2) is 62.2 Å². The number of carbonyl (C=O) groups is 2. The fourth-order valence-electron chi connectivity index (χ4n) is 3.71. The molecule has 0 fully saturated rings. The quantitative estimate of drug-likeness (QED) is 0.228. The number of anilines is 4. The normalized spacial score (nSPS) is 11.4. The average Bonchev–Trinajstić information content (AvgIpc) is 2.93. The summed E-state index contributed by atoms with van der Waals surface area (Å²) in [4.78, 5) is 34.7. The fraction of sp³-hybridized carbons (Fsp3) is 0.214. The summed E-state index contributed by atoms with van der Waals surface area (Å²) in [6.07, 6.45) is 0.677. The van der Waals surface area contributed by atoms with E-state index >= 15 is 0 Å². The molecule has 11 nitrogen and oxygen atoms in total. The van der Waals surface area contributed by atoms with Crippen LogP contribution in [0.1, 0.15) is 24.2 Å². The molecular formula is C28H30N6O5S. The van der Waals surface area contributed by atoms with Crippen LogP contribution in [0.4, 0.5) is 23.0 Å². The van der Waals surface area contributed by atoms with Crippen molar-refractivity contribution >= 4 is 56.3 Å². The highest BCUT2D eigenvalue weighted by atomic mass is 32.2. The summed E-state index contributed by atoms with van der Waals surface area (Å²) in [5.74, 6) is 0.232. The molecule has 0 bridgehead atoms. The predicted molar refractivity (Wildman–Crippen MR) is 155 cm³/mol. The Bertz CT molecular complexity index is 1660. The number of benzene rings is 3. The molecule has 1 heterocycles. The number of amides is 1. The van der Waals surface area contributed by atoms with E-state index < -0.39 is 10.0 Å². The summed E-state index contributed by atoms with van der Waals surface area (Å²) >= 11 is 0. The van der Waals surface area contributed by atoms with Gasteiger partial charge in [-0.1, -0.05) is 18.2 Å². The number of ether oxygens (including phenoxy) is 1. The first-order chi connectivity index (χ1) is 19.1. The van der Waals surface area contributed by atoms with E-state index in [9.17, 15) is 18.0 Å². The molecule has 0 atom stereocenters. The third kappa shape index (κ3) is 6.90. The second-order valence-corrected chi connectivity index (χ2v) is 11.0. The molecule has 40 heavy (non-hydrogen) atoms. The number of hydrogen-bond donors (Lipinski definition) is 3. The number of aldehydes is 1. The molecule has 0 saturated carbocycles. The van der Waals surface area contributed by atoms with E-state index in [2.05, 4.69) is 25.3 Å².